The van der Waals surface area contributed by atoms with E-state index in [1.54, 1.807) is 0 Å². The minimum absolute atomic E-state index is 0.125. The summed E-state index contributed by atoms with van der Waals surface area (Å²) in [5, 5.41) is 4.51. The summed E-state index contributed by atoms with van der Waals surface area (Å²) in [7, 11) is 0. The van der Waals surface area contributed by atoms with Crippen molar-refractivity contribution in [1.29, 1.82) is 0 Å². The van der Waals surface area contributed by atoms with E-state index in [2.05, 4.69) is 10.1 Å². The van der Waals surface area contributed by atoms with E-state index in [-0.39, 0.29) is 24.2 Å². The molecule has 24 heavy (non-hydrogen) atoms. The third-order valence-corrected chi connectivity index (χ3v) is 3.35. The third kappa shape index (κ3) is 5.92. The monoisotopic (exact) mass is 339 g/mol. The topological polar surface area (TPSA) is 54.9 Å². The molecular weight excluding hydrogens is 321 g/mol. The average molecular weight is 339 g/mol. The Morgan fingerprint density at radius 2 is 1.75 bits per heavy atom. The molecule has 0 radical (unpaired) electrons. The van der Waals surface area contributed by atoms with Crippen LogP contribution in [0.5, 0.6) is 5.75 Å². The highest BCUT2D eigenvalue weighted by atomic mass is 19.4. The quantitative estimate of drug-likeness (QED) is 0.850. The molecule has 0 aliphatic heterocycles. The van der Waals surface area contributed by atoms with Gasteiger partial charge in [0, 0.05) is 11.3 Å². The number of anilines is 1. The van der Waals surface area contributed by atoms with Crippen molar-refractivity contribution in [2.24, 2.45) is 0 Å². The maximum atomic E-state index is 12.1. The number of halogens is 3. The highest BCUT2D eigenvalue weighted by molar-refractivity contribution is 5.91. The molecule has 7 heteroatoms. The number of carbonyl (C=O) groups is 1. The fourth-order valence-electron chi connectivity index (χ4n) is 2.13. The van der Waals surface area contributed by atoms with Gasteiger partial charge in [0.1, 0.15) is 11.8 Å². The van der Waals surface area contributed by atoms with E-state index >= 15 is 0 Å². The molecular formula is C17H18F3N2O2+. The van der Waals surface area contributed by atoms with Gasteiger partial charge in [-0.05, 0) is 31.2 Å². The maximum absolute atomic E-state index is 12.1. The summed E-state index contributed by atoms with van der Waals surface area (Å²) >= 11 is 0. The fourth-order valence-corrected chi connectivity index (χ4v) is 2.13. The SMILES string of the molecule is C[C@@H]([NH2+]CC(=O)Nc1ccc(OC(F)(F)F)cc1)c1ccccc1. The number of carbonyl (C=O) groups excluding carboxylic acids is 1. The number of nitrogens with one attached hydrogen (secondary N) is 1. The van der Waals surface area contributed by atoms with Crippen LogP contribution in [0.3, 0.4) is 0 Å². The van der Waals surface area contributed by atoms with Gasteiger partial charge in [-0.3, -0.25) is 4.79 Å². The molecule has 128 valence electrons. The van der Waals surface area contributed by atoms with Crippen molar-refractivity contribution in [3.63, 3.8) is 0 Å². The first-order chi connectivity index (χ1) is 11.3. The fraction of sp³-hybridized carbons (Fsp3) is 0.235. The van der Waals surface area contributed by atoms with Crippen molar-refractivity contribution in [3.8, 4) is 5.75 Å². The van der Waals surface area contributed by atoms with Gasteiger partial charge in [-0.2, -0.15) is 0 Å². The molecule has 0 bridgehead atoms. The number of alkyl halides is 3. The summed E-state index contributed by atoms with van der Waals surface area (Å²) in [5.41, 5.74) is 1.52. The first-order valence-electron chi connectivity index (χ1n) is 7.37. The lowest BCUT2D eigenvalue weighted by Crippen LogP contribution is -2.86. The van der Waals surface area contributed by atoms with Crippen molar-refractivity contribution >= 4 is 11.6 Å². The van der Waals surface area contributed by atoms with E-state index in [1.807, 2.05) is 42.6 Å². The molecule has 0 aliphatic rings. The van der Waals surface area contributed by atoms with Crippen LogP contribution in [0.4, 0.5) is 18.9 Å². The number of quaternary nitrogens is 1. The Kier molecular flexibility index (Phi) is 5.81. The van der Waals surface area contributed by atoms with Crippen molar-refractivity contribution in [2.45, 2.75) is 19.3 Å². The van der Waals surface area contributed by atoms with Crippen molar-refractivity contribution in [1.82, 2.24) is 0 Å². The highest BCUT2D eigenvalue weighted by Gasteiger charge is 2.30. The van der Waals surface area contributed by atoms with Crippen LogP contribution < -0.4 is 15.4 Å². The zero-order chi connectivity index (χ0) is 17.6. The molecule has 0 fully saturated rings. The summed E-state index contributed by atoms with van der Waals surface area (Å²) in [6.07, 6.45) is -4.73. The average Bonchev–Trinajstić information content (AvgIpc) is 2.54. The van der Waals surface area contributed by atoms with Gasteiger partial charge < -0.3 is 15.4 Å². The lowest BCUT2D eigenvalue weighted by Gasteiger charge is -2.12. The molecule has 0 unspecified atom stereocenters. The molecule has 2 rings (SSSR count). The van der Waals surface area contributed by atoms with E-state index in [0.29, 0.717) is 5.69 Å². The second-order valence-electron chi connectivity index (χ2n) is 5.26. The zero-order valence-electron chi connectivity index (χ0n) is 13.0. The second kappa shape index (κ2) is 7.83. The van der Waals surface area contributed by atoms with Crippen LogP contribution in [0.25, 0.3) is 0 Å². The predicted octanol–water partition coefficient (Wildman–Crippen LogP) is 2.85. The normalized spacial score (nSPS) is 12.5. The van der Waals surface area contributed by atoms with Crippen LogP contribution >= 0.6 is 0 Å². The Morgan fingerprint density at radius 3 is 2.33 bits per heavy atom. The van der Waals surface area contributed by atoms with Gasteiger partial charge in [0.15, 0.2) is 6.54 Å². The third-order valence-electron chi connectivity index (χ3n) is 3.35. The van der Waals surface area contributed by atoms with E-state index < -0.39 is 6.36 Å². The van der Waals surface area contributed by atoms with Gasteiger partial charge in [-0.15, -0.1) is 13.2 Å². The first-order valence-corrected chi connectivity index (χ1v) is 7.37. The van der Waals surface area contributed by atoms with Gasteiger partial charge >= 0.3 is 6.36 Å². The number of hydrogen-bond donors (Lipinski definition) is 2. The van der Waals surface area contributed by atoms with Crippen molar-refractivity contribution in [3.05, 3.63) is 60.2 Å². The smallest absolute Gasteiger partial charge is 0.406 e. The lowest BCUT2D eigenvalue weighted by molar-refractivity contribution is -0.682. The molecule has 3 N–H and O–H groups in total. The number of amides is 1. The zero-order valence-corrected chi connectivity index (χ0v) is 13.0. The minimum Gasteiger partial charge on any atom is -0.406 e. The predicted molar refractivity (Wildman–Crippen MR) is 83.4 cm³/mol. The number of rotatable bonds is 6. The maximum Gasteiger partial charge on any atom is 0.573 e. The van der Waals surface area contributed by atoms with Crippen LogP contribution in [-0.2, 0) is 4.79 Å². The highest BCUT2D eigenvalue weighted by Crippen LogP contribution is 2.23. The molecule has 0 spiro atoms. The van der Waals surface area contributed by atoms with Crippen molar-refractivity contribution in [2.75, 3.05) is 11.9 Å². The van der Waals surface area contributed by atoms with Crippen LogP contribution in [0.15, 0.2) is 54.6 Å². The van der Waals surface area contributed by atoms with E-state index in [1.165, 1.54) is 12.1 Å². The number of hydrogen-bond acceptors (Lipinski definition) is 2. The molecule has 0 aromatic heterocycles. The summed E-state index contributed by atoms with van der Waals surface area (Å²) in [5.74, 6) is -0.563. The van der Waals surface area contributed by atoms with Crippen LogP contribution in [0, 0.1) is 0 Å². The molecule has 2 aromatic rings. The molecule has 0 aliphatic carbocycles. The molecule has 4 nitrogen and oxygen atoms in total. The van der Waals surface area contributed by atoms with Crippen LogP contribution in [0.1, 0.15) is 18.5 Å². The van der Waals surface area contributed by atoms with Gasteiger partial charge in [0.05, 0.1) is 0 Å². The lowest BCUT2D eigenvalue weighted by atomic mass is 10.1. The van der Waals surface area contributed by atoms with E-state index in [4.69, 9.17) is 0 Å². The van der Waals surface area contributed by atoms with E-state index in [0.717, 1.165) is 17.7 Å². The Bertz CT molecular complexity index is 658. The first kappa shape index (κ1) is 17.8. The summed E-state index contributed by atoms with van der Waals surface area (Å²) < 4.78 is 40.0. The standard InChI is InChI=1S/C17H17F3N2O2/c1-12(13-5-3-2-4-6-13)21-11-16(23)22-14-7-9-15(10-8-14)24-17(18,19)20/h2-10,12,21H,11H2,1H3,(H,22,23)/p+1/t12-/m1/s1. The largest absolute Gasteiger partial charge is 0.573 e. The Hall–Kier alpha value is -2.54. The van der Waals surface area contributed by atoms with Gasteiger partial charge in [-0.1, -0.05) is 30.3 Å². The summed E-state index contributed by atoms with van der Waals surface area (Å²) in [6.45, 7) is 2.20. The van der Waals surface area contributed by atoms with Crippen LogP contribution in [-0.4, -0.2) is 18.8 Å². The second-order valence-corrected chi connectivity index (χ2v) is 5.26. The summed E-state index contributed by atoms with van der Waals surface area (Å²) in [4.78, 5) is 11.9. The number of nitrogens with two attached hydrogens (primary N) is 1. The van der Waals surface area contributed by atoms with Gasteiger partial charge in [-0.25, -0.2) is 0 Å². The number of benzene rings is 2. The molecule has 2 aromatic carbocycles. The van der Waals surface area contributed by atoms with Gasteiger partial charge in [0.2, 0.25) is 0 Å². The molecule has 1 atom stereocenters. The minimum atomic E-state index is -4.73. The molecule has 0 saturated carbocycles. The summed E-state index contributed by atoms with van der Waals surface area (Å²) in [6, 6.07) is 14.9. The van der Waals surface area contributed by atoms with E-state index in [9.17, 15) is 18.0 Å². The Balaban J connectivity index is 1.82. The van der Waals surface area contributed by atoms with Gasteiger partial charge in [0.25, 0.3) is 5.91 Å². The van der Waals surface area contributed by atoms with Crippen LogP contribution in [0.2, 0.25) is 0 Å². The molecule has 0 heterocycles. The Labute approximate surface area is 137 Å². The molecule has 0 saturated heterocycles. The van der Waals surface area contributed by atoms with Crippen molar-refractivity contribution < 1.29 is 28.0 Å². The number of ether oxygens (including phenoxy) is 1. The Morgan fingerprint density at radius 1 is 1.12 bits per heavy atom. The molecule has 1 amide bonds.